The first-order valence-corrected chi connectivity index (χ1v) is 9.73. The molecule has 154 valence electrons. The molecule has 2 N–H and O–H groups in total. The second-order valence-electron chi connectivity index (χ2n) is 7.36. The maximum Gasteiger partial charge on any atom is 0.163 e. The zero-order valence-corrected chi connectivity index (χ0v) is 16.6. The Morgan fingerprint density at radius 3 is 2.75 bits per heavy atom. The van der Waals surface area contributed by atoms with Crippen LogP contribution in [0.5, 0.6) is 11.5 Å². The smallest absolute Gasteiger partial charge is 0.163 e. The molecule has 0 heterocycles. The van der Waals surface area contributed by atoms with E-state index in [9.17, 15) is 19.8 Å². The lowest BCUT2D eigenvalue weighted by Gasteiger charge is -2.32. The third-order valence-corrected chi connectivity index (χ3v) is 5.27. The lowest BCUT2D eigenvalue weighted by molar-refractivity contribution is -0.124. The Bertz CT molecular complexity index is 696. The van der Waals surface area contributed by atoms with Crippen LogP contribution in [0, 0.1) is 5.92 Å². The largest absolute Gasteiger partial charge is 0.504 e. The van der Waals surface area contributed by atoms with Crippen LogP contribution in [-0.4, -0.2) is 48.2 Å². The molecule has 28 heavy (non-hydrogen) atoms. The summed E-state index contributed by atoms with van der Waals surface area (Å²) < 4.78 is 10.3. The first-order chi connectivity index (χ1) is 13.4. The number of carbonyl (C=O) groups excluding carboxylic acids is 2. The van der Waals surface area contributed by atoms with Crippen molar-refractivity contribution < 1.29 is 29.3 Å². The summed E-state index contributed by atoms with van der Waals surface area (Å²) in [6.07, 6.45) is 6.96. The highest BCUT2D eigenvalue weighted by Gasteiger charge is 2.28. The first kappa shape index (κ1) is 22.1. The van der Waals surface area contributed by atoms with E-state index in [0.717, 1.165) is 32.1 Å². The van der Waals surface area contributed by atoms with E-state index < -0.39 is 0 Å². The molecule has 0 bridgehead atoms. The van der Waals surface area contributed by atoms with Gasteiger partial charge in [0.05, 0.1) is 25.7 Å². The Hall–Kier alpha value is -2.18. The zero-order chi connectivity index (χ0) is 20.5. The van der Waals surface area contributed by atoms with Gasteiger partial charge in [0, 0.05) is 13.5 Å². The van der Waals surface area contributed by atoms with E-state index in [1.165, 1.54) is 19.3 Å². The van der Waals surface area contributed by atoms with E-state index in [-0.39, 0.29) is 35.9 Å². The van der Waals surface area contributed by atoms with Gasteiger partial charge in [-0.05, 0) is 61.8 Å². The van der Waals surface area contributed by atoms with Gasteiger partial charge in [-0.1, -0.05) is 12.1 Å². The van der Waals surface area contributed by atoms with Gasteiger partial charge in [0.15, 0.2) is 17.3 Å². The van der Waals surface area contributed by atoms with Gasteiger partial charge >= 0.3 is 0 Å². The number of benzene rings is 1. The molecule has 1 aliphatic carbocycles. The van der Waals surface area contributed by atoms with Crippen molar-refractivity contribution in [1.82, 2.24) is 0 Å². The molecule has 6 nitrogen and oxygen atoms in total. The summed E-state index contributed by atoms with van der Waals surface area (Å²) in [5.41, 5.74) is 0.711. The molecule has 0 spiro atoms. The third kappa shape index (κ3) is 6.77. The fraction of sp³-hybridized carbons (Fsp3) is 0.545. The molecule has 0 unspecified atom stereocenters. The predicted octanol–water partition coefficient (Wildman–Crippen LogP) is 3.29. The van der Waals surface area contributed by atoms with E-state index >= 15 is 0 Å². The molecule has 1 saturated carbocycles. The van der Waals surface area contributed by atoms with Gasteiger partial charge in [-0.3, -0.25) is 9.59 Å². The number of allylic oxidation sites excluding steroid dienone is 1. The Balaban J connectivity index is 1.72. The van der Waals surface area contributed by atoms with Gasteiger partial charge in [0.1, 0.15) is 5.78 Å². The number of aliphatic hydroxyl groups is 1. The summed E-state index contributed by atoms with van der Waals surface area (Å²) in [5.74, 6) is 0.526. The molecular formula is C22H30O6. The summed E-state index contributed by atoms with van der Waals surface area (Å²) in [6, 6.07) is 4.78. The van der Waals surface area contributed by atoms with Crippen LogP contribution in [0.4, 0.5) is 0 Å². The number of hydrogen-bond acceptors (Lipinski definition) is 6. The van der Waals surface area contributed by atoms with Crippen molar-refractivity contribution in [1.29, 1.82) is 0 Å². The molecule has 3 atom stereocenters. The summed E-state index contributed by atoms with van der Waals surface area (Å²) in [5, 5.41) is 19.4. The third-order valence-electron chi connectivity index (χ3n) is 5.27. The minimum absolute atomic E-state index is 0.0328. The van der Waals surface area contributed by atoms with Crippen molar-refractivity contribution in [2.45, 2.75) is 57.2 Å². The number of ether oxygens (including phenoxy) is 2. The molecule has 0 aliphatic heterocycles. The van der Waals surface area contributed by atoms with E-state index in [4.69, 9.17) is 9.47 Å². The lowest BCUT2D eigenvalue weighted by Crippen LogP contribution is -2.35. The maximum absolute atomic E-state index is 12.1. The van der Waals surface area contributed by atoms with Crippen LogP contribution in [0.25, 0.3) is 6.08 Å². The molecule has 1 aromatic rings. The maximum atomic E-state index is 12.1. The van der Waals surface area contributed by atoms with Crippen LogP contribution in [-0.2, 0) is 14.3 Å². The first-order valence-electron chi connectivity index (χ1n) is 9.73. The topological polar surface area (TPSA) is 93.1 Å². The minimum Gasteiger partial charge on any atom is -0.504 e. The average Bonchev–Trinajstić information content (AvgIpc) is 2.68. The second-order valence-corrected chi connectivity index (χ2v) is 7.36. The van der Waals surface area contributed by atoms with Crippen LogP contribution < -0.4 is 4.74 Å². The number of aliphatic hydroxyl groups excluding tert-OH is 1. The van der Waals surface area contributed by atoms with Gasteiger partial charge in [-0.15, -0.1) is 0 Å². The zero-order valence-electron chi connectivity index (χ0n) is 16.6. The average molecular weight is 390 g/mol. The van der Waals surface area contributed by atoms with Gasteiger partial charge in [-0.25, -0.2) is 0 Å². The number of rotatable bonds is 10. The van der Waals surface area contributed by atoms with Gasteiger partial charge in [-0.2, -0.15) is 0 Å². The van der Waals surface area contributed by atoms with Crippen molar-refractivity contribution in [3.8, 4) is 11.5 Å². The SMILES string of the molecule is COc1cc(/C=C/C(=O)CC(=O)CCC[C@H]2CC[C@@H](O)[C@@H](OC)C2)ccc1O. The van der Waals surface area contributed by atoms with Crippen LogP contribution >= 0.6 is 0 Å². The van der Waals surface area contributed by atoms with Crippen molar-refractivity contribution >= 4 is 17.6 Å². The molecule has 6 heteroatoms. The molecule has 2 rings (SSSR count). The number of ketones is 2. The molecular weight excluding hydrogens is 360 g/mol. The number of phenols is 1. The second kappa shape index (κ2) is 11.0. The molecule has 0 saturated heterocycles. The number of hydrogen-bond donors (Lipinski definition) is 2. The summed E-state index contributed by atoms with van der Waals surface area (Å²) in [7, 11) is 3.07. The quantitative estimate of drug-likeness (QED) is 0.470. The number of Topliss-reactive ketones (excluding diaryl/α,β-unsaturated/α-hetero) is 1. The fourth-order valence-corrected chi connectivity index (χ4v) is 3.63. The molecule has 1 fully saturated rings. The Kier molecular flexibility index (Phi) is 8.67. The molecule has 0 amide bonds. The van der Waals surface area contributed by atoms with E-state index in [0.29, 0.717) is 23.7 Å². The number of carbonyl (C=O) groups is 2. The molecule has 0 radical (unpaired) electrons. The Labute approximate surface area is 166 Å². The van der Waals surface area contributed by atoms with Crippen molar-refractivity contribution in [2.75, 3.05) is 14.2 Å². The van der Waals surface area contributed by atoms with Gasteiger partial charge < -0.3 is 19.7 Å². The number of methoxy groups -OCH3 is 2. The van der Waals surface area contributed by atoms with Crippen LogP contribution in [0.3, 0.4) is 0 Å². The fourth-order valence-electron chi connectivity index (χ4n) is 3.63. The number of phenolic OH excluding ortho intramolecular Hbond substituents is 1. The summed E-state index contributed by atoms with van der Waals surface area (Å²) in [6.45, 7) is 0. The molecule has 1 aliphatic rings. The van der Waals surface area contributed by atoms with Crippen LogP contribution in [0.2, 0.25) is 0 Å². The Morgan fingerprint density at radius 1 is 1.25 bits per heavy atom. The highest BCUT2D eigenvalue weighted by atomic mass is 16.5. The van der Waals surface area contributed by atoms with Crippen LogP contribution in [0.1, 0.15) is 50.5 Å². The van der Waals surface area contributed by atoms with Gasteiger partial charge in [0.2, 0.25) is 0 Å². The predicted molar refractivity (Wildman–Crippen MR) is 106 cm³/mol. The Morgan fingerprint density at radius 2 is 2.04 bits per heavy atom. The van der Waals surface area contributed by atoms with Crippen molar-refractivity contribution in [2.24, 2.45) is 5.92 Å². The summed E-state index contributed by atoms with van der Waals surface area (Å²) in [4.78, 5) is 24.1. The highest BCUT2D eigenvalue weighted by molar-refractivity contribution is 6.06. The number of aromatic hydroxyl groups is 1. The summed E-state index contributed by atoms with van der Waals surface area (Å²) >= 11 is 0. The normalized spacial score (nSPS) is 22.3. The highest BCUT2D eigenvalue weighted by Crippen LogP contribution is 2.30. The van der Waals surface area contributed by atoms with Crippen molar-refractivity contribution in [3.63, 3.8) is 0 Å². The standard InChI is InChI=1S/C22H30O6/c1-27-21-12-15(7-10-19(21)25)4-3-5-17(23)14-18(24)9-6-16-8-11-20(26)22(13-16)28-2/h6,8-9,11,13,15,19,21,25-26H,3-5,7,10,12,14H2,1-2H3/b9-6+/t15-,19+,21-/m0/s1. The van der Waals surface area contributed by atoms with Gasteiger partial charge in [0.25, 0.3) is 0 Å². The van der Waals surface area contributed by atoms with Crippen molar-refractivity contribution in [3.05, 3.63) is 29.8 Å². The van der Waals surface area contributed by atoms with E-state index in [1.54, 1.807) is 25.3 Å². The van der Waals surface area contributed by atoms with E-state index in [2.05, 4.69) is 0 Å². The lowest BCUT2D eigenvalue weighted by atomic mass is 9.82. The molecule has 1 aromatic carbocycles. The van der Waals surface area contributed by atoms with Crippen LogP contribution in [0.15, 0.2) is 24.3 Å². The minimum atomic E-state index is -0.388. The van der Waals surface area contributed by atoms with E-state index in [1.807, 2.05) is 0 Å². The molecule has 0 aromatic heterocycles. The monoisotopic (exact) mass is 390 g/mol.